The van der Waals surface area contributed by atoms with Crippen LogP contribution in [-0.4, -0.2) is 22.6 Å². The average Bonchev–Trinajstić information content (AvgIpc) is 2.95. The summed E-state index contributed by atoms with van der Waals surface area (Å²) in [5.41, 5.74) is 1.78. The third-order valence-corrected chi connectivity index (χ3v) is 4.98. The third kappa shape index (κ3) is 1.46. The molecule has 0 radical (unpaired) electrons. The van der Waals surface area contributed by atoms with Crippen LogP contribution in [0.15, 0.2) is 24.3 Å². The van der Waals surface area contributed by atoms with Crippen LogP contribution in [0.4, 0.5) is 0 Å². The molecule has 0 aromatic heterocycles. The summed E-state index contributed by atoms with van der Waals surface area (Å²) in [6.07, 6.45) is 1.59. The highest BCUT2D eigenvalue weighted by Crippen LogP contribution is 2.49. The van der Waals surface area contributed by atoms with E-state index in [1.165, 1.54) is 17.1 Å². The lowest BCUT2D eigenvalue weighted by Gasteiger charge is -2.26. The first-order valence-electron chi connectivity index (χ1n) is 5.64. The second-order valence-electron chi connectivity index (χ2n) is 4.75. The summed E-state index contributed by atoms with van der Waals surface area (Å²) in [7, 11) is 0. The Balaban J connectivity index is 1.93. The van der Waals surface area contributed by atoms with E-state index in [1.54, 1.807) is 0 Å². The van der Waals surface area contributed by atoms with E-state index in [0.717, 1.165) is 18.4 Å². The lowest BCUT2D eigenvalue weighted by Crippen LogP contribution is -2.21. The molecule has 0 atom stereocenters. The van der Waals surface area contributed by atoms with E-state index in [9.17, 15) is 9.90 Å². The van der Waals surface area contributed by atoms with Gasteiger partial charge in [0, 0.05) is 17.4 Å². The molecule has 1 saturated carbocycles. The monoisotopic (exact) mass is 234 g/mol. The fourth-order valence-electron chi connectivity index (χ4n) is 2.27. The lowest BCUT2D eigenvalue weighted by atomic mass is 9.91. The van der Waals surface area contributed by atoms with E-state index in [-0.39, 0.29) is 0 Å². The fourth-order valence-corrected chi connectivity index (χ4v) is 3.13. The quantitative estimate of drug-likeness (QED) is 0.873. The molecule has 84 valence electrons. The van der Waals surface area contributed by atoms with E-state index in [0.29, 0.717) is 5.92 Å². The molecule has 0 spiro atoms. The molecule has 1 aliphatic carbocycles. The summed E-state index contributed by atoms with van der Waals surface area (Å²) in [5.74, 6) is 2.36. The molecular weight excluding hydrogens is 220 g/mol. The Hall–Kier alpha value is -0.960. The maximum absolute atomic E-state index is 11.2. The van der Waals surface area contributed by atoms with E-state index in [4.69, 9.17) is 0 Å². The Morgan fingerprint density at radius 1 is 1.38 bits per heavy atom. The molecule has 2 fully saturated rings. The van der Waals surface area contributed by atoms with Crippen LogP contribution in [0.1, 0.15) is 29.9 Å². The molecule has 3 heteroatoms. The van der Waals surface area contributed by atoms with Gasteiger partial charge < -0.3 is 5.11 Å². The molecule has 1 aromatic carbocycles. The first-order chi connectivity index (χ1) is 7.72. The number of hydrogen-bond acceptors (Lipinski definition) is 2. The Morgan fingerprint density at radius 3 is 2.62 bits per heavy atom. The number of carboxylic acid groups (broad SMARTS) is 1. The summed E-state index contributed by atoms with van der Waals surface area (Å²) >= 11 is 1.96. The van der Waals surface area contributed by atoms with Crippen LogP contribution in [0.5, 0.6) is 0 Å². The van der Waals surface area contributed by atoms with Crippen molar-refractivity contribution in [3.8, 4) is 0 Å². The van der Waals surface area contributed by atoms with Crippen LogP contribution >= 0.6 is 11.8 Å². The van der Waals surface area contributed by atoms with E-state index < -0.39 is 11.4 Å². The molecular formula is C13H14O2S. The van der Waals surface area contributed by atoms with Gasteiger partial charge in [-0.15, -0.1) is 0 Å². The molecule has 1 N–H and O–H groups in total. The summed E-state index contributed by atoms with van der Waals surface area (Å²) in [6.45, 7) is 0. The average molecular weight is 234 g/mol. The predicted octanol–water partition coefficient (Wildman–Crippen LogP) is 2.63. The van der Waals surface area contributed by atoms with Crippen molar-refractivity contribution in [2.75, 3.05) is 11.5 Å². The van der Waals surface area contributed by atoms with Gasteiger partial charge in [0.15, 0.2) is 0 Å². The normalized spacial score (nSPS) is 22.5. The van der Waals surface area contributed by atoms with Gasteiger partial charge in [-0.05, 0) is 24.0 Å². The van der Waals surface area contributed by atoms with Crippen molar-refractivity contribution in [3.05, 3.63) is 35.4 Å². The minimum absolute atomic E-state index is 0.549. The lowest BCUT2D eigenvalue weighted by molar-refractivity contribution is -0.140. The summed E-state index contributed by atoms with van der Waals surface area (Å²) in [6, 6.07) is 8.23. The zero-order valence-corrected chi connectivity index (χ0v) is 9.80. The number of carbonyl (C=O) groups is 1. The van der Waals surface area contributed by atoms with Crippen LogP contribution < -0.4 is 0 Å². The van der Waals surface area contributed by atoms with Crippen molar-refractivity contribution in [2.45, 2.75) is 24.2 Å². The number of benzene rings is 1. The fraction of sp³-hybridized carbons (Fsp3) is 0.462. The van der Waals surface area contributed by atoms with Crippen LogP contribution in [0.3, 0.4) is 0 Å². The van der Waals surface area contributed by atoms with Crippen molar-refractivity contribution in [3.63, 3.8) is 0 Å². The van der Waals surface area contributed by atoms with Crippen LogP contribution in [-0.2, 0) is 10.2 Å². The van der Waals surface area contributed by atoms with Gasteiger partial charge in [0.25, 0.3) is 0 Å². The Morgan fingerprint density at radius 2 is 2.12 bits per heavy atom. The second kappa shape index (κ2) is 3.52. The van der Waals surface area contributed by atoms with Crippen molar-refractivity contribution in [1.29, 1.82) is 0 Å². The van der Waals surface area contributed by atoms with E-state index in [2.05, 4.69) is 12.1 Å². The minimum Gasteiger partial charge on any atom is -0.481 e. The first-order valence-corrected chi connectivity index (χ1v) is 6.79. The number of rotatable bonds is 3. The molecule has 1 aromatic rings. The Labute approximate surface area is 99.1 Å². The van der Waals surface area contributed by atoms with Crippen LogP contribution in [0.25, 0.3) is 0 Å². The molecule has 3 rings (SSSR count). The smallest absolute Gasteiger partial charge is 0.314 e. The zero-order valence-electron chi connectivity index (χ0n) is 8.98. The first kappa shape index (κ1) is 10.2. The molecule has 2 nitrogen and oxygen atoms in total. The topological polar surface area (TPSA) is 37.3 Å². The minimum atomic E-state index is -0.660. The van der Waals surface area contributed by atoms with E-state index in [1.807, 2.05) is 23.9 Å². The largest absolute Gasteiger partial charge is 0.481 e. The van der Waals surface area contributed by atoms with Crippen molar-refractivity contribution in [2.24, 2.45) is 0 Å². The molecule has 1 saturated heterocycles. The maximum atomic E-state index is 11.2. The number of aliphatic carboxylic acids is 1. The van der Waals surface area contributed by atoms with Crippen molar-refractivity contribution < 1.29 is 9.90 Å². The van der Waals surface area contributed by atoms with Crippen LogP contribution in [0.2, 0.25) is 0 Å². The number of hydrogen-bond donors (Lipinski definition) is 1. The summed E-state index contributed by atoms with van der Waals surface area (Å²) < 4.78 is 0. The standard InChI is InChI=1S/C13H14O2S/c14-12(15)13(4-5-13)11-3-1-2-9(6-11)10-7-16-8-10/h1-3,6,10H,4-5,7-8H2,(H,14,15). The Bertz CT molecular complexity index is 433. The van der Waals surface area contributed by atoms with Crippen molar-refractivity contribution in [1.82, 2.24) is 0 Å². The van der Waals surface area contributed by atoms with Gasteiger partial charge in [0.05, 0.1) is 5.41 Å². The zero-order chi connectivity index (χ0) is 11.2. The van der Waals surface area contributed by atoms with Gasteiger partial charge in [0.2, 0.25) is 0 Å². The molecule has 16 heavy (non-hydrogen) atoms. The van der Waals surface area contributed by atoms with Gasteiger partial charge in [0.1, 0.15) is 0 Å². The SMILES string of the molecule is O=C(O)C1(c2cccc(C3CSC3)c2)CC1. The van der Waals surface area contributed by atoms with Gasteiger partial charge in [-0.3, -0.25) is 4.79 Å². The van der Waals surface area contributed by atoms with Crippen LogP contribution in [0, 0.1) is 0 Å². The predicted molar refractivity (Wildman–Crippen MR) is 65.1 cm³/mol. The van der Waals surface area contributed by atoms with Gasteiger partial charge in [-0.2, -0.15) is 11.8 Å². The number of thioether (sulfide) groups is 1. The molecule has 2 aliphatic rings. The van der Waals surface area contributed by atoms with Crippen molar-refractivity contribution >= 4 is 17.7 Å². The maximum Gasteiger partial charge on any atom is 0.314 e. The van der Waals surface area contributed by atoms with Gasteiger partial charge in [-0.1, -0.05) is 24.3 Å². The second-order valence-corrected chi connectivity index (χ2v) is 5.82. The molecule has 0 unspecified atom stereocenters. The van der Waals surface area contributed by atoms with Gasteiger partial charge in [-0.25, -0.2) is 0 Å². The summed E-state index contributed by atoms with van der Waals surface area (Å²) in [5, 5.41) is 9.25. The highest BCUT2D eigenvalue weighted by Gasteiger charge is 2.51. The number of carboxylic acids is 1. The van der Waals surface area contributed by atoms with E-state index >= 15 is 0 Å². The molecule has 0 bridgehead atoms. The summed E-state index contributed by atoms with van der Waals surface area (Å²) in [4.78, 5) is 11.2. The molecule has 0 amide bonds. The molecule has 1 aliphatic heterocycles. The molecule has 1 heterocycles. The Kier molecular flexibility index (Phi) is 2.25. The van der Waals surface area contributed by atoms with Gasteiger partial charge >= 0.3 is 5.97 Å². The highest BCUT2D eigenvalue weighted by molar-refractivity contribution is 8.00. The highest BCUT2D eigenvalue weighted by atomic mass is 32.2. The third-order valence-electron chi connectivity index (χ3n) is 3.71.